The van der Waals surface area contributed by atoms with Crippen LogP contribution < -0.4 is 5.32 Å². The molecule has 0 aliphatic rings. The first kappa shape index (κ1) is 10.5. The second-order valence-corrected chi connectivity index (χ2v) is 3.18. The Morgan fingerprint density at radius 1 is 1.19 bits per heavy atom. The van der Waals surface area contributed by atoms with E-state index in [1.807, 2.05) is 0 Å². The highest BCUT2D eigenvalue weighted by Gasteiger charge is 2.03. The van der Waals surface area contributed by atoms with Crippen LogP contribution in [0, 0.1) is 11.6 Å². The second-order valence-electron chi connectivity index (χ2n) is 3.18. The van der Waals surface area contributed by atoms with Crippen LogP contribution in [-0.4, -0.2) is 9.97 Å². The van der Waals surface area contributed by atoms with Gasteiger partial charge in [0, 0.05) is 24.4 Å². The molecule has 0 spiro atoms. The average molecular weight is 221 g/mol. The van der Waals surface area contributed by atoms with Gasteiger partial charge in [-0.1, -0.05) is 6.07 Å². The van der Waals surface area contributed by atoms with E-state index in [0.29, 0.717) is 11.4 Å². The Morgan fingerprint density at radius 2 is 2.06 bits per heavy atom. The lowest BCUT2D eigenvalue weighted by atomic mass is 10.2. The van der Waals surface area contributed by atoms with Crippen molar-refractivity contribution in [3.63, 3.8) is 0 Å². The van der Waals surface area contributed by atoms with E-state index in [4.69, 9.17) is 0 Å². The van der Waals surface area contributed by atoms with Crippen LogP contribution in [0.1, 0.15) is 5.56 Å². The fraction of sp³-hybridized carbons (Fsp3) is 0.0909. The Hall–Kier alpha value is -2.04. The summed E-state index contributed by atoms with van der Waals surface area (Å²) in [6, 6.07) is 5.15. The third kappa shape index (κ3) is 2.50. The lowest BCUT2D eigenvalue weighted by molar-refractivity contribution is 0.574. The van der Waals surface area contributed by atoms with Gasteiger partial charge in [-0.2, -0.15) is 0 Å². The molecule has 0 fully saturated rings. The third-order valence-corrected chi connectivity index (χ3v) is 2.06. The van der Waals surface area contributed by atoms with E-state index in [9.17, 15) is 8.78 Å². The number of rotatable bonds is 3. The molecular formula is C11H9F2N3. The summed E-state index contributed by atoms with van der Waals surface area (Å²) < 4.78 is 25.9. The van der Waals surface area contributed by atoms with Crippen LogP contribution in [0.4, 0.5) is 14.6 Å². The number of hydrogen-bond acceptors (Lipinski definition) is 3. The normalized spacial score (nSPS) is 10.1. The van der Waals surface area contributed by atoms with E-state index >= 15 is 0 Å². The molecule has 0 radical (unpaired) electrons. The molecule has 16 heavy (non-hydrogen) atoms. The quantitative estimate of drug-likeness (QED) is 0.864. The van der Waals surface area contributed by atoms with Crippen LogP contribution in [0.2, 0.25) is 0 Å². The Morgan fingerprint density at radius 3 is 2.75 bits per heavy atom. The topological polar surface area (TPSA) is 37.8 Å². The Kier molecular flexibility index (Phi) is 3.05. The van der Waals surface area contributed by atoms with Gasteiger partial charge in [0.25, 0.3) is 0 Å². The van der Waals surface area contributed by atoms with Crippen molar-refractivity contribution >= 4 is 5.82 Å². The number of nitrogens with zero attached hydrogens (tertiary/aromatic N) is 2. The number of nitrogens with one attached hydrogen (secondary N) is 1. The molecule has 0 bridgehead atoms. The van der Waals surface area contributed by atoms with Gasteiger partial charge in [0.2, 0.25) is 0 Å². The van der Waals surface area contributed by atoms with Crippen molar-refractivity contribution in [1.29, 1.82) is 0 Å². The predicted octanol–water partition coefficient (Wildman–Crippen LogP) is 2.37. The maximum atomic E-state index is 13.2. The zero-order valence-corrected chi connectivity index (χ0v) is 8.32. The molecule has 1 aromatic heterocycles. The molecule has 0 saturated carbocycles. The fourth-order valence-corrected chi connectivity index (χ4v) is 1.25. The molecule has 5 heteroatoms. The molecule has 2 rings (SSSR count). The molecule has 1 heterocycles. The first-order valence-electron chi connectivity index (χ1n) is 4.69. The lowest BCUT2D eigenvalue weighted by Crippen LogP contribution is -2.03. The summed E-state index contributed by atoms with van der Waals surface area (Å²) in [7, 11) is 0. The highest BCUT2D eigenvalue weighted by atomic mass is 19.1. The van der Waals surface area contributed by atoms with E-state index in [1.165, 1.54) is 18.5 Å². The molecule has 0 saturated heterocycles. The van der Waals surface area contributed by atoms with Gasteiger partial charge in [0.05, 0.1) is 0 Å². The first-order valence-corrected chi connectivity index (χ1v) is 4.69. The summed E-state index contributed by atoms with van der Waals surface area (Å²) in [6.45, 7) is 0.253. The SMILES string of the molecule is Fc1ccc(CNc2ccncn2)c(F)c1. The average Bonchev–Trinajstić information content (AvgIpc) is 2.29. The van der Waals surface area contributed by atoms with Gasteiger partial charge < -0.3 is 5.32 Å². The molecule has 0 amide bonds. The molecule has 1 aromatic carbocycles. The minimum atomic E-state index is -0.580. The monoisotopic (exact) mass is 221 g/mol. The molecule has 0 aliphatic heterocycles. The molecule has 3 nitrogen and oxygen atoms in total. The number of anilines is 1. The molecule has 1 N–H and O–H groups in total. The maximum Gasteiger partial charge on any atom is 0.131 e. The highest BCUT2D eigenvalue weighted by Crippen LogP contribution is 2.11. The van der Waals surface area contributed by atoms with E-state index < -0.39 is 11.6 Å². The van der Waals surface area contributed by atoms with E-state index in [-0.39, 0.29) is 6.54 Å². The van der Waals surface area contributed by atoms with Crippen LogP contribution in [0.15, 0.2) is 36.8 Å². The summed E-state index contributed by atoms with van der Waals surface area (Å²) in [5.41, 5.74) is 0.389. The predicted molar refractivity (Wildman–Crippen MR) is 55.7 cm³/mol. The number of halogens is 2. The van der Waals surface area contributed by atoms with Crippen LogP contribution in [0.5, 0.6) is 0 Å². The fourth-order valence-electron chi connectivity index (χ4n) is 1.25. The highest BCUT2D eigenvalue weighted by molar-refractivity contribution is 5.33. The Labute approximate surface area is 91.2 Å². The van der Waals surface area contributed by atoms with Crippen molar-refractivity contribution in [2.75, 3.05) is 5.32 Å². The molecule has 82 valence electrons. The van der Waals surface area contributed by atoms with Crippen molar-refractivity contribution in [2.24, 2.45) is 0 Å². The number of benzene rings is 1. The second kappa shape index (κ2) is 4.65. The first-order chi connectivity index (χ1) is 7.75. The largest absolute Gasteiger partial charge is 0.366 e. The van der Waals surface area contributed by atoms with Crippen LogP contribution in [0.3, 0.4) is 0 Å². The van der Waals surface area contributed by atoms with Crippen LogP contribution in [0.25, 0.3) is 0 Å². The summed E-state index contributed by atoms with van der Waals surface area (Å²) in [5, 5.41) is 2.91. The third-order valence-electron chi connectivity index (χ3n) is 2.06. The Bertz CT molecular complexity index is 474. The number of hydrogen-bond donors (Lipinski definition) is 1. The van der Waals surface area contributed by atoms with Gasteiger partial charge >= 0.3 is 0 Å². The minimum absolute atomic E-state index is 0.253. The van der Waals surface area contributed by atoms with Crippen molar-refractivity contribution in [3.05, 3.63) is 54.0 Å². The van der Waals surface area contributed by atoms with Gasteiger partial charge in [-0.05, 0) is 12.1 Å². The summed E-state index contributed by atoms with van der Waals surface area (Å²) in [5.74, 6) is -0.552. The Balaban J connectivity index is 2.05. The summed E-state index contributed by atoms with van der Waals surface area (Å²) in [6.07, 6.45) is 2.97. The molecular weight excluding hydrogens is 212 g/mol. The van der Waals surface area contributed by atoms with Crippen molar-refractivity contribution in [3.8, 4) is 0 Å². The maximum absolute atomic E-state index is 13.2. The molecule has 0 unspecified atom stereocenters. The van der Waals surface area contributed by atoms with Gasteiger partial charge in [-0.15, -0.1) is 0 Å². The standard InChI is InChI=1S/C11H9F2N3/c12-9-2-1-8(10(13)5-9)6-15-11-3-4-14-7-16-11/h1-5,7H,6H2,(H,14,15,16). The van der Waals surface area contributed by atoms with E-state index in [0.717, 1.165) is 6.07 Å². The van der Waals surface area contributed by atoms with E-state index in [1.54, 1.807) is 12.3 Å². The zero-order valence-electron chi connectivity index (χ0n) is 8.32. The summed E-state index contributed by atoms with van der Waals surface area (Å²) >= 11 is 0. The van der Waals surface area contributed by atoms with Crippen molar-refractivity contribution < 1.29 is 8.78 Å². The molecule has 2 aromatic rings. The van der Waals surface area contributed by atoms with Gasteiger partial charge in [-0.25, -0.2) is 18.7 Å². The van der Waals surface area contributed by atoms with Gasteiger partial charge in [0.15, 0.2) is 0 Å². The van der Waals surface area contributed by atoms with Crippen LogP contribution in [-0.2, 0) is 6.54 Å². The minimum Gasteiger partial charge on any atom is -0.366 e. The summed E-state index contributed by atoms with van der Waals surface area (Å²) in [4.78, 5) is 7.68. The smallest absolute Gasteiger partial charge is 0.131 e. The van der Waals surface area contributed by atoms with E-state index in [2.05, 4.69) is 15.3 Å². The van der Waals surface area contributed by atoms with Gasteiger partial charge in [-0.3, -0.25) is 0 Å². The lowest BCUT2D eigenvalue weighted by Gasteiger charge is -2.05. The zero-order chi connectivity index (χ0) is 11.4. The van der Waals surface area contributed by atoms with Crippen LogP contribution >= 0.6 is 0 Å². The van der Waals surface area contributed by atoms with Crippen molar-refractivity contribution in [1.82, 2.24) is 9.97 Å². The molecule has 0 atom stereocenters. The molecule has 0 aliphatic carbocycles. The van der Waals surface area contributed by atoms with Gasteiger partial charge in [0.1, 0.15) is 23.8 Å². The van der Waals surface area contributed by atoms with Crippen molar-refractivity contribution in [2.45, 2.75) is 6.54 Å². The number of aromatic nitrogens is 2.